The van der Waals surface area contributed by atoms with Gasteiger partial charge in [-0.3, -0.25) is 0 Å². The molecule has 0 spiro atoms. The Kier molecular flexibility index (Phi) is 2.57. The lowest BCUT2D eigenvalue weighted by Gasteiger charge is -2.18. The molecule has 102 valence electrons. The second-order valence-corrected chi connectivity index (χ2v) is 6.65. The van der Waals surface area contributed by atoms with Crippen molar-refractivity contribution in [1.29, 1.82) is 0 Å². The minimum Gasteiger partial charge on any atom is -0.0555 e. The zero-order valence-corrected chi connectivity index (χ0v) is 12.8. The highest BCUT2D eigenvalue weighted by atomic mass is 14.3. The van der Waals surface area contributed by atoms with E-state index in [2.05, 4.69) is 39.0 Å². The molecule has 0 aliphatic heterocycles. The molecule has 2 aromatic rings. The molecule has 0 bridgehead atoms. The summed E-state index contributed by atoms with van der Waals surface area (Å²) in [7, 11) is 0. The molecule has 2 aromatic carbocycles. The monoisotopic (exact) mass is 262 g/mol. The van der Waals surface area contributed by atoms with E-state index in [1.807, 2.05) is 0 Å². The van der Waals surface area contributed by atoms with Gasteiger partial charge in [-0.05, 0) is 103 Å². The third kappa shape index (κ3) is 1.60. The van der Waals surface area contributed by atoms with Gasteiger partial charge in [0.25, 0.3) is 0 Å². The Hall–Kier alpha value is -1.56. The molecular formula is C20H22. The lowest BCUT2D eigenvalue weighted by atomic mass is 9.87. The van der Waals surface area contributed by atoms with Gasteiger partial charge >= 0.3 is 0 Å². The second kappa shape index (κ2) is 4.22. The van der Waals surface area contributed by atoms with Crippen molar-refractivity contribution in [3.05, 3.63) is 57.1 Å². The summed E-state index contributed by atoms with van der Waals surface area (Å²) >= 11 is 0. The summed E-state index contributed by atoms with van der Waals surface area (Å²) in [6.45, 7) is 6.82. The molecule has 0 radical (unpaired) electrons. The minimum absolute atomic E-state index is 1.15. The van der Waals surface area contributed by atoms with Crippen LogP contribution in [0.3, 0.4) is 0 Å². The topological polar surface area (TPSA) is 0 Å². The Balaban J connectivity index is 1.97. The molecule has 0 heteroatoms. The van der Waals surface area contributed by atoms with Crippen LogP contribution in [0.4, 0.5) is 0 Å². The molecular weight excluding hydrogens is 240 g/mol. The van der Waals surface area contributed by atoms with Crippen molar-refractivity contribution in [2.45, 2.75) is 52.9 Å². The maximum atomic E-state index is 2.51. The van der Waals surface area contributed by atoms with E-state index in [1.54, 1.807) is 22.3 Å². The summed E-state index contributed by atoms with van der Waals surface area (Å²) in [5, 5.41) is 0. The van der Waals surface area contributed by atoms with Gasteiger partial charge in [-0.2, -0.15) is 0 Å². The fraction of sp³-hybridized carbons (Fsp3) is 0.400. The first-order chi connectivity index (χ1) is 9.65. The Labute approximate surface area is 121 Å². The lowest BCUT2D eigenvalue weighted by molar-refractivity contribution is 0.685. The van der Waals surface area contributed by atoms with Gasteiger partial charge in [-0.15, -0.1) is 0 Å². The number of aryl methyl sites for hydroxylation is 4. The van der Waals surface area contributed by atoms with E-state index in [1.165, 1.54) is 53.5 Å². The largest absolute Gasteiger partial charge is 0.0555 e. The molecule has 4 rings (SSSR count). The van der Waals surface area contributed by atoms with E-state index in [4.69, 9.17) is 0 Å². The van der Waals surface area contributed by atoms with Crippen LogP contribution in [0.2, 0.25) is 0 Å². The van der Waals surface area contributed by atoms with Gasteiger partial charge in [0.2, 0.25) is 0 Å². The van der Waals surface area contributed by atoms with Gasteiger partial charge in [-0.25, -0.2) is 0 Å². The number of rotatable bonds is 0. The van der Waals surface area contributed by atoms with E-state index in [0.717, 1.165) is 6.42 Å². The van der Waals surface area contributed by atoms with E-state index in [9.17, 15) is 0 Å². The first-order valence-electron chi connectivity index (χ1n) is 7.90. The van der Waals surface area contributed by atoms with Crippen LogP contribution in [0.1, 0.15) is 51.8 Å². The van der Waals surface area contributed by atoms with Crippen LogP contribution in [-0.2, 0) is 19.3 Å². The Morgan fingerprint density at radius 1 is 0.750 bits per heavy atom. The molecule has 0 saturated carbocycles. The van der Waals surface area contributed by atoms with Gasteiger partial charge in [0.15, 0.2) is 0 Å². The highest BCUT2D eigenvalue weighted by molar-refractivity contribution is 5.82. The number of hydrogen-bond donors (Lipinski definition) is 0. The Morgan fingerprint density at radius 3 is 2.20 bits per heavy atom. The van der Waals surface area contributed by atoms with Crippen molar-refractivity contribution in [2.75, 3.05) is 0 Å². The van der Waals surface area contributed by atoms with E-state index < -0.39 is 0 Å². The highest BCUT2D eigenvalue weighted by Crippen LogP contribution is 2.43. The first-order valence-corrected chi connectivity index (χ1v) is 7.90. The van der Waals surface area contributed by atoms with Crippen LogP contribution < -0.4 is 0 Å². The summed E-state index contributed by atoms with van der Waals surface area (Å²) in [6, 6.07) is 7.39. The quantitative estimate of drug-likeness (QED) is 0.531. The summed E-state index contributed by atoms with van der Waals surface area (Å²) in [6.07, 6.45) is 6.45. The van der Waals surface area contributed by atoms with E-state index in [-0.39, 0.29) is 0 Å². The average molecular weight is 262 g/mol. The molecule has 0 saturated heterocycles. The summed E-state index contributed by atoms with van der Waals surface area (Å²) < 4.78 is 0. The Morgan fingerprint density at radius 2 is 1.45 bits per heavy atom. The fourth-order valence-corrected chi connectivity index (χ4v) is 4.17. The summed E-state index contributed by atoms with van der Waals surface area (Å²) in [5.74, 6) is 0. The SMILES string of the molecule is Cc1cc(C)c2c(c1C)Cc1cc3c(cc1-2)CCCC3. The van der Waals surface area contributed by atoms with Crippen molar-refractivity contribution >= 4 is 0 Å². The molecule has 0 atom stereocenters. The van der Waals surface area contributed by atoms with Crippen molar-refractivity contribution in [2.24, 2.45) is 0 Å². The van der Waals surface area contributed by atoms with Crippen LogP contribution in [0, 0.1) is 20.8 Å². The maximum absolute atomic E-state index is 2.51. The number of benzene rings is 2. The molecule has 0 unspecified atom stereocenters. The van der Waals surface area contributed by atoms with Gasteiger partial charge in [0.05, 0.1) is 0 Å². The average Bonchev–Trinajstić information content (AvgIpc) is 2.81. The normalized spacial score (nSPS) is 15.8. The minimum atomic E-state index is 1.15. The third-order valence-corrected chi connectivity index (χ3v) is 5.38. The van der Waals surface area contributed by atoms with E-state index in [0.29, 0.717) is 0 Å². The van der Waals surface area contributed by atoms with Crippen LogP contribution in [-0.4, -0.2) is 0 Å². The summed E-state index contributed by atoms with van der Waals surface area (Å²) in [5.41, 5.74) is 13.8. The lowest BCUT2D eigenvalue weighted by Crippen LogP contribution is -2.03. The zero-order valence-electron chi connectivity index (χ0n) is 12.8. The van der Waals surface area contributed by atoms with Gasteiger partial charge in [-0.1, -0.05) is 18.2 Å². The van der Waals surface area contributed by atoms with Crippen LogP contribution in [0.25, 0.3) is 11.1 Å². The number of hydrogen-bond acceptors (Lipinski definition) is 0. The molecule has 0 heterocycles. The second-order valence-electron chi connectivity index (χ2n) is 6.65. The first kappa shape index (κ1) is 12.2. The molecule has 2 aliphatic rings. The van der Waals surface area contributed by atoms with Crippen LogP contribution >= 0.6 is 0 Å². The van der Waals surface area contributed by atoms with Crippen LogP contribution in [0.5, 0.6) is 0 Å². The van der Waals surface area contributed by atoms with Gasteiger partial charge in [0.1, 0.15) is 0 Å². The summed E-state index contributed by atoms with van der Waals surface area (Å²) in [4.78, 5) is 0. The van der Waals surface area contributed by atoms with Crippen molar-refractivity contribution in [1.82, 2.24) is 0 Å². The molecule has 20 heavy (non-hydrogen) atoms. The van der Waals surface area contributed by atoms with Crippen molar-refractivity contribution < 1.29 is 0 Å². The van der Waals surface area contributed by atoms with E-state index >= 15 is 0 Å². The molecule has 0 N–H and O–H groups in total. The third-order valence-electron chi connectivity index (χ3n) is 5.38. The molecule has 0 fully saturated rings. The molecule has 2 aliphatic carbocycles. The maximum Gasteiger partial charge on any atom is -0.00105 e. The van der Waals surface area contributed by atoms with Crippen LogP contribution in [0.15, 0.2) is 18.2 Å². The molecule has 0 aromatic heterocycles. The smallest absolute Gasteiger partial charge is 0.00105 e. The fourth-order valence-electron chi connectivity index (χ4n) is 4.17. The van der Waals surface area contributed by atoms with Crippen molar-refractivity contribution in [3.8, 4) is 11.1 Å². The predicted octanol–water partition coefficient (Wildman–Crippen LogP) is 5.06. The standard InChI is InChI=1S/C20H22/c1-12-8-13(2)20-18(14(12)3)11-17-9-15-6-4-5-7-16(15)10-19(17)20/h8-10H,4-7,11H2,1-3H3. The zero-order chi connectivity index (χ0) is 13.9. The predicted molar refractivity (Wildman–Crippen MR) is 85.5 cm³/mol. The van der Waals surface area contributed by atoms with Gasteiger partial charge < -0.3 is 0 Å². The highest BCUT2D eigenvalue weighted by Gasteiger charge is 2.25. The number of fused-ring (bicyclic) bond motifs is 4. The van der Waals surface area contributed by atoms with Crippen molar-refractivity contribution in [3.63, 3.8) is 0 Å². The Bertz CT molecular complexity index is 720. The molecule has 0 amide bonds. The molecule has 0 nitrogen and oxygen atoms in total. The van der Waals surface area contributed by atoms with Gasteiger partial charge in [0, 0.05) is 0 Å².